The Hall–Kier alpha value is -2.34. The molecule has 2 aromatic carbocycles. The highest BCUT2D eigenvalue weighted by atomic mass is 32.2. The molecule has 1 fully saturated rings. The van der Waals surface area contributed by atoms with Gasteiger partial charge in [-0.15, -0.1) is 0 Å². The molecule has 1 aliphatic heterocycles. The van der Waals surface area contributed by atoms with Crippen molar-refractivity contribution < 1.29 is 18.7 Å². The predicted molar refractivity (Wildman–Crippen MR) is 127 cm³/mol. The molecule has 2 aliphatic rings. The second-order valence-electron chi connectivity index (χ2n) is 10.2. The predicted octanol–water partition coefficient (Wildman–Crippen LogP) is 6.05. The normalized spacial score (nSPS) is 21.3. The van der Waals surface area contributed by atoms with Crippen molar-refractivity contribution in [2.24, 2.45) is 0 Å². The SMILES string of the molecule is COc1cc(CC2SC(=O)NC2=O)cc(F)c1-c1cc2c(cc1C)C(C)(C)CCC2(C)C. The van der Waals surface area contributed by atoms with Crippen molar-refractivity contribution in [1.82, 2.24) is 5.32 Å². The van der Waals surface area contributed by atoms with Crippen LogP contribution in [0.1, 0.15) is 62.8 Å². The van der Waals surface area contributed by atoms with Gasteiger partial charge in [-0.1, -0.05) is 45.5 Å². The van der Waals surface area contributed by atoms with E-state index < -0.39 is 5.25 Å². The molecule has 1 aliphatic carbocycles. The third-order valence-corrected chi connectivity index (χ3v) is 7.97. The van der Waals surface area contributed by atoms with Crippen LogP contribution in [-0.2, 0) is 22.0 Å². The Morgan fingerprint density at radius 2 is 1.69 bits per heavy atom. The number of rotatable bonds is 4. The summed E-state index contributed by atoms with van der Waals surface area (Å²) in [7, 11) is 1.53. The number of halogens is 1. The molecule has 1 atom stereocenters. The van der Waals surface area contributed by atoms with Gasteiger partial charge in [-0.05, 0) is 83.0 Å². The quantitative estimate of drug-likeness (QED) is 0.609. The minimum Gasteiger partial charge on any atom is -0.496 e. The summed E-state index contributed by atoms with van der Waals surface area (Å²) >= 11 is 0.943. The maximum absolute atomic E-state index is 15.5. The average molecular weight is 456 g/mol. The molecule has 0 saturated carbocycles. The van der Waals surface area contributed by atoms with Crippen LogP contribution in [0.5, 0.6) is 5.75 Å². The number of amides is 2. The lowest BCUT2D eigenvalue weighted by Gasteiger charge is -2.42. The molecule has 6 heteroatoms. The number of hydrogen-bond donors (Lipinski definition) is 1. The van der Waals surface area contributed by atoms with Crippen molar-refractivity contribution in [3.05, 3.63) is 52.3 Å². The van der Waals surface area contributed by atoms with E-state index in [2.05, 4.69) is 45.1 Å². The Balaban J connectivity index is 1.80. The first-order chi connectivity index (χ1) is 14.9. The van der Waals surface area contributed by atoms with Gasteiger partial charge >= 0.3 is 0 Å². The topological polar surface area (TPSA) is 55.4 Å². The first kappa shape index (κ1) is 22.8. The van der Waals surface area contributed by atoms with Crippen LogP contribution in [0, 0.1) is 12.7 Å². The highest BCUT2D eigenvalue weighted by molar-refractivity contribution is 8.15. The minimum atomic E-state index is -0.550. The van der Waals surface area contributed by atoms with E-state index in [1.54, 1.807) is 6.07 Å². The zero-order chi connectivity index (χ0) is 23.4. The van der Waals surface area contributed by atoms with Crippen molar-refractivity contribution in [2.45, 2.75) is 70.0 Å². The smallest absolute Gasteiger partial charge is 0.286 e. The molecular weight excluding hydrogens is 425 g/mol. The summed E-state index contributed by atoms with van der Waals surface area (Å²) in [6.45, 7) is 11.1. The standard InChI is InChI=1S/C26H30FNO3S/c1-14-9-17-18(26(4,5)8-7-25(17,2)3)13-16(14)22-19(27)10-15(11-20(22)31-6)12-21-23(29)28-24(30)32-21/h9-11,13,21H,7-8,12H2,1-6H3,(H,28,29,30). The second-order valence-corrected chi connectivity index (χ2v) is 11.4. The molecule has 4 rings (SSSR count). The van der Waals surface area contributed by atoms with Gasteiger partial charge in [0.05, 0.1) is 17.9 Å². The summed E-state index contributed by atoms with van der Waals surface area (Å²) in [6.07, 6.45) is 2.46. The Morgan fingerprint density at radius 3 is 2.25 bits per heavy atom. The van der Waals surface area contributed by atoms with Gasteiger partial charge in [0.2, 0.25) is 5.91 Å². The van der Waals surface area contributed by atoms with Crippen LogP contribution < -0.4 is 10.1 Å². The summed E-state index contributed by atoms with van der Waals surface area (Å²) in [6, 6.07) is 7.60. The van der Waals surface area contributed by atoms with E-state index in [1.165, 1.54) is 24.3 Å². The van der Waals surface area contributed by atoms with Gasteiger partial charge in [0, 0.05) is 0 Å². The molecule has 2 amide bonds. The highest BCUT2D eigenvalue weighted by Gasteiger charge is 2.38. The van der Waals surface area contributed by atoms with Gasteiger partial charge in [0.25, 0.3) is 5.24 Å². The van der Waals surface area contributed by atoms with Crippen molar-refractivity contribution >= 4 is 22.9 Å². The van der Waals surface area contributed by atoms with Gasteiger partial charge in [-0.2, -0.15) is 0 Å². The first-order valence-electron chi connectivity index (χ1n) is 11.0. The van der Waals surface area contributed by atoms with E-state index in [0.29, 0.717) is 16.9 Å². The lowest BCUT2D eigenvalue weighted by atomic mass is 9.62. The van der Waals surface area contributed by atoms with Gasteiger partial charge in [0.15, 0.2) is 0 Å². The van der Waals surface area contributed by atoms with Crippen LogP contribution in [0.15, 0.2) is 24.3 Å². The van der Waals surface area contributed by atoms with E-state index >= 15 is 4.39 Å². The molecule has 0 aromatic heterocycles. The Kier molecular flexibility index (Phi) is 5.64. The number of nitrogens with one attached hydrogen (secondary N) is 1. The Labute approximate surface area is 193 Å². The molecule has 1 unspecified atom stereocenters. The van der Waals surface area contributed by atoms with Crippen LogP contribution >= 0.6 is 11.8 Å². The number of carbonyl (C=O) groups excluding carboxylic acids is 2. The number of aryl methyl sites for hydroxylation is 1. The summed E-state index contributed by atoms with van der Waals surface area (Å²) < 4.78 is 21.1. The molecule has 32 heavy (non-hydrogen) atoms. The van der Waals surface area contributed by atoms with Crippen LogP contribution in [0.25, 0.3) is 11.1 Å². The summed E-state index contributed by atoms with van der Waals surface area (Å²) in [4.78, 5) is 23.4. The molecule has 170 valence electrons. The number of fused-ring (bicyclic) bond motifs is 1. The fourth-order valence-corrected chi connectivity index (χ4v) is 5.77. The van der Waals surface area contributed by atoms with Crippen LogP contribution in [0.4, 0.5) is 9.18 Å². The molecule has 4 nitrogen and oxygen atoms in total. The Bertz CT molecular complexity index is 1120. The maximum atomic E-state index is 15.5. The number of thioether (sulfide) groups is 1. The number of methoxy groups -OCH3 is 1. The number of hydrogen-bond acceptors (Lipinski definition) is 4. The largest absolute Gasteiger partial charge is 0.496 e. The number of carbonyl (C=O) groups is 2. The van der Waals surface area contributed by atoms with Crippen molar-refractivity contribution in [2.75, 3.05) is 7.11 Å². The lowest BCUT2D eigenvalue weighted by Crippen LogP contribution is -2.34. The van der Waals surface area contributed by atoms with Crippen molar-refractivity contribution in [3.63, 3.8) is 0 Å². The summed E-state index contributed by atoms with van der Waals surface area (Å²) in [5.74, 6) is -0.283. The van der Waals surface area contributed by atoms with E-state index in [9.17, 15) is 9.59 Å². The van der Waals surface area contributed by atoms with Crippen LogP contribution in [0.2, 0.25) is 0 Å². The molecule has 0 radical (unpaired) electrons. The molecule has 1 N–H and O–H groups in total. The first-order valence-corrected chi connectivity index (χ1v) is 11.8. The van der Waals surface area contributed by atoms with E-state index in [4.69, 9.17) is 4.74 Å². The lowest BCUT2D eigenvalue weighted by molar-refractivity contribution is -0.118. The molecule has 0 spiro atoms. The summed E-state index contributed by atoms with van der Waals surface area (Å²) in [5, 5.41) is 1.37. The molecular formula is C26H30FNO3S. The molecule has 1 heterocycles. The molecule has 2 aromatic rings. The van der Waals surface area contributed by atoms with Crippen molar-refractivity contribution in [3.8, 4) is 16.9 Å². The molecule has 1 saturated heterocycles. The Morgan fingerprint density at radius 1 is 1.06 bits per heavy atom. The number of benzene rings is 2. The summed E-state index contributed by atoms with van der Waals surface area (Å²) in [5.41, 5.74) is 5.60. The number of ether oxygens (including phenoxy) is 1. The van der Waals surface area contributed by atoms with Crippen molar-refractivity contribution in [1.29, 1.82) is 0 Å². The van der Waals surface area contributed by atoms with Crippen LogP contribution in [0.3, 0.4) is 0 Å². The molecule has 0 bridgehead atoms. The van der Waals surface area contributed by atoms with Gasteiger partial charge < -0.3 is 4.74 Å². The third-order valence-electron chi connectivity index (χ3n) is 6.99. The van der Waals surface area contributed by atoms with E-state index in [0.717, 1.165) is 35.7 Å². The fourth-order valence-electron chi connectivity index (χ4n) is 4.91. The zero-order valence-electron chi connectivity index (χ0n) is 19.5. The average Bonchev–Trinajstić information content (AvgIpc) is 3.02. The second kappa shape index (κ2) is 7.91. The van der Waals surface area contributed by atoms with E-state index in [-0.39, 0.29) is 34.2 Å². The highest BCUT2D eigenvalue weighted by Crippen LogP contribution is 2.48. The van der Waals surface area contributed by atoms with Gasteiger partial charge in [-0.3, -0.25) is 14.9 Å². The van der Waals surface area contributed by atoms with Gasteiger partial charge in [0.1, 0.15) is 11.6 Å². The number of imide groups is 1. The zero-order valence-corrected chi connectivity index (χ0v) is 20.3. The monoisotopic (exact) mass is 455 g/mol. The third kappa shape index (κ3) is 3.94. The van der Waals surface area contributed by atoms with Crippen LogP contribution in [-0.4, -0.2) is 23.5 Å². The van der Waals surface area contributed by atoms with Gasteiger partial charge in [-0.25, -0.2) is 4.39 Å². The van der Waals surface area contributed by atoms with E-state index in [1.807, 2.05) is 6.92 Å². The minimum absolute atomic E-state index is 0.0105. The fraction of sp³-hybridized carbons (Fsp3) is 0.462. The maximum Gasteiger partial charge on any atom is 0.286 e.